The summed E-state index contributed by atoms with van der Waals surface area (Å²) in [6.45, 7) is 0.719. The summed E-state index contributed by atoms with van der Waals surface area (Å²) in [5.74, 6) is 0.663. The Labute approximate surface area is 161 Å². The zero-order valence-electron chi connectivity index (χ0n) is 14.2. The van der Waals surface area contributed by atoms with Gasteiger partial charge in [0, 0.05) is 29.1 Å². The lowest BCUT2D eigenvalue weighted by Crippen LogP contribution is -2.33. The Bertz CT molecular complexity index is 823. The van der Waals surface area contributed by atoms with Crippen molar-refractivity contribution in [3.05, 3.63) is 82.3 Å². The van der Waals surface area contributed by atoms with Crippen LogP contribution in [0.25, 0.3) is 0 Å². The van der Waals surface area contributed by atoms with Crippen LogP contribution in [0.3, 0.4) is 0 Å². The number of thiazole rings is 1. The third-order valence-corrected chi connectivity index (χ3v) is 5.59. The molecule has 1 N–H and O–H groups in total. The molecule has 0 unspecified atom stereocenters. The molecule has 1 aromatic heterocycles. The molecule has 0 saturated heterocycles. The molecule has 2 aromatic carbocycles. The molecular weight excluding hydrogens is 364 g/mol. The fourth-order valence-corrected chi connectivity index (χ4v) is 4.19. The highest BCUT2D eigenvalue weighted by Gasteiger charge is 2.19. The molecular formula is C20H20N2O2S2. The number of aliphatic hydroxyl groups excluding tert-OH is 1. The Morgan fingerprint density at radius 3 is 2.62 bits per heavy atom. The van der Waals surface area contributed by atoms with Crippen molar-refractivity contribution in [3.8, 4) is 0 Å². The van der Waals surface area contributed by atoms with Gasteiger partial charge in [0.05, 0.1) is 23.4 Å². The second-order valence-electron chi connectivity index (χ2n) is 5.70. The number of aromatic nitrogens is 1. The van der Waals surface area contributed by atoms with Crippen molar-refractivity contribution in [1.82, 2.24) is 9.88 Å². The third kappa shape index (κ3) is 4.94. The number of rotatable bonds is 8. The minimum Gasteiger partial charge on any atom is -0.395 e. The maximum atomic E-state index is 13.1. The molecule has 26 heavy (non-hydrogen) atoms. The Morgan fingerprint density at radius 2 is 1.88 bits per heavy atom. The first-order chi connectivity index (χ1) is 12.8. The first-order valence-electron chi connectivity index (χ1n) is 8.31. The van der Waals surface area contributed by atoms with Gasteiger partial charge >= 0.3 is 0 Å². The van der Waals surface area contributed by atoms with Gasteiger partial charge < -0.3 is 10.0 Å². The number of hydrogen-bond donors (Lipinski definition) is 1. The zero-order chi connectivity index (χ0) is 18.2. The number of amides is 1. The number of hydrogen-bond acceptors (Lipinski definition) is 5. The molecule has 0 aliphatic carbocycles. The summed E-state index contributed by atoms with van der Waals surface area (Å²) < 4.78 is 0. The van der Waals surface area contributed by atoms with Crippen LogP contribution in [-0.4, -0.2) is 34.0 Å². The van der Waals surface area contributed by atoms with Gasteiger partial charge in [-0.05, 0) is 17.7 Å². The van der Waals surface area contributed by atoms with Gasteiger partial charge in [0.2, 0.25) is 0 Å². The van der Waals surface area contributed by atoms with Crippen molar-refractivity contribution >= 4 is 29.0 Å². The minimum absolute atomic E-state index is 0.0628. The SMILES string of the molecule is O=C(c1ccccc1SCc1cscn1)N(CCO)Cc1ccccc1. The molecule has 1 amide bonds. The normalized spacial score (nSPS) is 10.7. The molecule has 6 heteroatoms. The van der Waals surface area contributed by atoms with Crippen LogP contribution in [-0.2, 0) is 12.3 Å². The predicted molar refractivity (Wildman–Crippen MR) is 106 cm³/mol. The predicted octanol–water partition coefficient (Wildman–Crippen LogP) is 4.07. The molecule has 0 saturated carbocycles. The van der Waals surface area contributed by atoms with E-state index in [1.807, 2.05) is 65.5 Å². The van der Waals surface area contributed by atoms with Crippen molar-refractivity contribution in [3.63, 3.8) is 0 Å². The van der Waals surface area contributed by atoms with E-state index in [0.717, 1.165) is 21.9 Å². The summed E-state index contributed by atoms with van der Waals surface area (Å²) in [6.07, 6.45) is 0. The summed E-state index contributed by atoms with van der Waals surface area (Å²) in [6, 6.07) is 17.5. The van der Waals surface area contributed by atoms with Crippen LogP contribution in [0.1, 0.15) is 21.6 Å². The smallest absolute Gasteiger partial charge is 0.255 e. The number of aliphatic hydroxyl groups is 1. The van der Waals surface area contributed by atoms with E-state index in [2.05, 4.69) is 4.98 Å². The Morgan fingerprint density at radius 1 is 1.12 bits per heavy atom. The maximum absolute atomic E-state index is 13.1. The molecule has 0 aliphatic rings. The number of nitrogens with zero attached hydrogens (tertiary/aromatic N) is 2. The molecule has 0 atom stereocenters. The summed E-state index contributed by atoms with van der Waals surface area (Å²) in [5.41, 5.74) is 4.54. The van der Waals surface area contributed by atoms with E-state index >= 15 is 0 Å². The van der Waals surface area contributed by atoms with Gasteiger partial charge in [0.1, 0.15) is 0 Å². The van der Waals surface area contributed by atoms with Crippen LogP contribution in [0.15, 0.2) is 70.4 Å². The third-order valence-electron chi connectivity index (χ3n) is 3.85. The van der Waals surface area contributed by atoms with E-state index in [9.17, 15) is 9.90 Å². The Kier molecular flexibility index (Phi) is 6.82. The summed E-state index contributed by atoms with van der Waals surface area (Å²) in [5, 5.41) is 11.4. The van der Waals surface area contributed by atoms with Gasteiger partial charge in [0.25, 0.3) is 5.91 Å². The van der Waals surface area contributed by atoms with Crippen molar-refractivity contribution < 1.29 is 9.90 Å². The zero-order valence-corrected chi connectivity index (χ0v) is 15.9. The Hall–Kier alpha value is -2.15. The quantitative estimate of drug-likeness (QED) is 0.595. The van der Waals surface area contributed by atoms with E-state index in [1.54, 1.807) is 28.0 Å². The highest BCUT2D eigenvalue weighted by molar-refractivity contribution is 7.98. The van der Waals surface area contributed by atoms with E-state index in [4.69, 9.17) is 0 Å². The lowest BCUT2D eigenvalue weighted by atomic mass is 10.1. The average molecular weight is 385 g/mol. The molecule has 4 nitrogen and oxygen atoms in total. The van der Waals surface area contributed by atoms with Crippen molar-refractivity contribution in [2.75, 3.05) is 13.2 Å². The molecule has 134 valence electrons. The molecule has 0 spiro atoms. The number of benzene rings is 2. The topological polar surface area (TPSA) is 53.4 Å². The van der Waals surface area contributed by atoms with E-state index < -0.39 is 0 Å². The summed E-state index contributed by atoms with van der Waals surface area (Å²) >= 11 is 3.18. The highest BCUT2D eigenvalue weighted by Crippen LogP contribution is 2.27. The standard InChI is InChI=1S/C20H20N2O2S2/c23-11-10-22(12-16-6-2-1-3-7-16)20(24)18-8-4-5-9-19(18)26-14-17-13-25-15-21-17/h1-9,13,15,23H,10-12,14H2. The second-order valence-corrected chi connectivity index (χ2v) is 7.44. The number of carbonyl (C=O) groups excluding carboxylic acids is 1. The van der Waals surface area contributed by atoms with E-state index in [1.165, 1.54) is 0 Å². The van der Waals surface area contributed by atoms with E-state index in [0.29, 0.717) is 18.7 Å². The van der Waals surface area contributed by atoms with Crippen molar-refractivity contribution in [2.24, 2.45) is 0 Å². The first kappa shape index (κ1) is 18.6. The van der Waals surface area contributed by atoms with Crippen molar-refractivity contribution in [2.45, 2.75) is 17.2 Å². The van der Waals surface area contributed by atoms with Crippen LogP contribution in [0.2, 0.25) is 0 Å². The van der Waals surface area contributed by atoms with Crippen LogP contribution in [0.5, 0.6) is 0 Å². The highest BCUT2D eigenvalue weighted by atomic mass is 32.2. The van der Waals surface area contributed by atoms with Crippen LogP contribution in [0.4, 0.5) is 0 Å². The molecule has 0 radical (unpaired) electrons. The molecule has 1 heterocycles. The minimum atomic E-state index is -0.0655. The average Bonchev–Trinajstić information content (AvgIpc) is 3.20. The van der Waals surface area contributed by atoms with Gasteiger partial charge in [-0.15, -0.1) is 23.1 Å². The molecule has 0 fully saturated rings. The lowest BCUT2D eigenvalue weighted by Gasteiger charge is -2.23. The van der Waals surface area contributed by atoms with E-state index in [-0.39, 0.29) is 12.5 Å². The monoisotopic (exact) mass is 384 g/mol. The summed E-state index contributed by atoms with van der Waals surface area (Å²) in [4.78, 5) is 20.0. The van der Waals surface area contributed by atoms with Crippen LogP contribution < -0.4 is 0 Å². The fourth-order valence-electron chi connectivity index (χ4n) is 2.58. The fraction of sp³-hybridized carbons (Fsp3) is 0.200. The van der Waals surface area contributed by atoms with Gasteiger partial charge in [-0.3, -0.25) is 4.79 Å². The van der Waals surface area contributed by atoms with Crippen LogP contribution in [0, 0.1) is 0 Å². The summed E-state index contributed by atoms with van der Waals surface area (Å²) in [7, 11) is 0. The maximum Gasteiger partial charge on any atom is 0.255 e. The van der Waals surface area contributed by atoms with Crippen LogP contribution >= 0.6 is 23.1 Å². The second kappa shape index (κ2) is 9.52. The molecule has 3 rings (SSSR count). The van der Waals surface area contributed by atoms with Gasteiger partial charge in [-0.1, -0.05) is 42.5 Å². The number of carbonyl (C=O) groups is 1. The molecule has 0 bridgehead atoms. The number of thioether (sulfide) groups is 1. The van der Waals surface area contributed by atoms with Gasteiger partial charge in [0.15, 0.2) is 0 Å². The van der Waals surface area contributed by atoms with Gasteiger partial charge in [-0.25, -0.2) is 4.98 Å². The van der Waals surface area contributed by atoms with Gasteiger partial charge in [-0.2, -0.15) is 0 Å². The molecule has 0 aliphatic heterocycles. The Balaban J connectivity index is 1.77. The molecule has 3 aromatic rings. The lowest BCUT2D eigenvalue weighted by molar-refractivity contribution is 0.0704. The largest absolute Gasteiger partial charge is 0.395 e. The van der Waals surface area contributed by atoms with Crippen molar-refractivity contribution in [1.29, 1.82) is 0 Å². The first-order valence-corrected chi connectivity index (χ1v) is 10.2.